The van der Waals surface area contributed by atoms with E-state index in [1.165, 1.54) is 4.52 Å². The Bertz CT molecular complexity index is 1090. The van der Waals surface area contributed by atoms with Crippen LogP contribution in [0.1, 0.15) is 25.0 Å². The van der Waals surface area contributed by atoms with E-state index < -0.39 is 19.2 Å². The summed E-state index contributed by atoms with van der Waals surface area (Å²) in [5.41, 5.74) is 1.35. The first kappa shape index (κ1) is 20.8. The van der Waals surface area contributed by atoms with Gasteiger partial charge in [0.25, 0.3) is 0 Å². The number of hydrogen-bond acceptors (Lipinski definition) is 7. The third kappa shape index (κ3) is 4.28. The Morgan fingerprint density at radius 3 is 2.69 bits per heavy atom. The minimum Gasteiger partial charge on any atom is -0.489 e. The molecule has 11 heteroatoms. The molecule has 4 heterocycles. The molecule has 0 aromatic carbocycles. The highest BCUT2D eigenvalue weighted by molar-refractivity contribution is 5.56. The molecule has 0 spiro atoms. The van der Waals surface area contributed by atoms with Crippen molar-refractivity contribution in [3.63, 3.8) is 0 Å². The molecular weight excluding hydrogens is 423 g/mol. The molecule has 1 aliphatic heterocycles. The maximum Gasteiger partial charge on any atom is 0.392 e. The largest absolute Gasteiger partial charge is 0.489 e. The predicted molar refractivity (Wildman–Crippen MR) is 112 cm³/mol. The molecule has 2 fully saturated rings. The maximum absolute atomic E-state index is 12.4. The van der Waals surface area contributed by atoms with Gasteiger partial charge < -0.3 is 15.0 Å². The van der Waals surface area contributed by atoms with Gasteiger partial charge in [0.1, 0.15) is 12.1 Å². The highest BCUT2D eigenvalue weighted by Crippen LogP contribution is 2.39. The zero-order valence-electron chi connectivity index (χ0n) is 17.6. The fraction of sp³-hybridized carbons (Fsp3) is 0.524. The molecule has 2 unspecified atom stereocenters. The molecule has 5 rings (SSSR count). The van der Waals surface area contributed by atoms with Gasteiger partial charge in [0.05, 0.1) is 13.0 Å². The Hall–Kier alpha value is -3.11. The monoisotopic (exact) mass is 447 g/mol. The maximum atomic E-state index is 12.4. The van der Waals surface area contributed by atoms with Gasteiger partial charge in [-0.25, -0.2) is 14.5 Å². The second-order valence-electron chi connectivity index (χ2n) is 8.48. The molecule has 1 N–H and O–H groups in total. The number of piperidine rings is 1. The zero-order chi connectivity index (χ0) is 22.3. The van der Waals surface area contributed by atoms with Gasteiger partial charge in [-0.1, -0.05) is 0 Å². The van der Waals surface area contributed by atoms with E-state index in [0.717, 1.165) is 37.4 Å². The van der Waals surface area contributed by atoms with Gasteiger partial charge in [-0.15, -0.1) is 5.10 Å². The van der Waals surface area contributed by atoms with Crippen LogP contribution >= 0.6 is 0 Å². The minimum atomic E-state index is -4.26. The number of aromatic nitrogens is 5. The number of aryl methyl sites for hydroxylation is 1. The van der Waals surface area contributed by atoms with E-state index in [4.69, 9.17) is 4.74 Å². The SMILES string of the molecule is Cc1cc(N2CC3CC[C@@H](C2)C3Nc2nc3c(OCCC(F)(F)F)cccn3n2)ncn1. The van der Waals surface area contributed by atoms with Crippen LogP contribution < -0.4 is 15.0 Å². The van der Waals surface area contributed by atoms with Crippen LogP contribution in [0.5, 0.6) is 5.75 Å². The molecular formula is C21H24F3N7O. The Balaban J connectivity index is 1.28. The molecule has 32 heavy (non-hydrogen) atoms. The summed E-state index contributed by atoms with van der Waals surface area (Å²) >= 11 is 0. The summed E-state index contributed by atoms with van der Waals surface area (Å²) in [4.78, 5) is 15.4. The van der Waals surface area contributed by atoms with E-state index in [-0.39, 0.29) is 11.8 Å². The van der Waals surface area contributed by atoms with Gasteiger partial charge in [-0.2, -0.15) is 18.2 Å². The molecule has 170 valence electrons. The van der Waals surface area contributed by atoms with Gasteiger partial charge in [0.2, 0.25) is 5.95 Å². The van der Waals surface area contributed by atoms with Crippen molar-refractivity contribution in [2.45, 2.75) is 38.4 Å². The molecule has 8 nitrogen and oxygen atoms in total. The number of rotatable bonds is 6. The first-order valence-corrected chi connectivity index (χ1v) is 10.7. The number of nitrogens with zero attached hydrogens (tertiary/aromatic N) is 6. The molecule has 1 aliphatic carbocycles. The molecule has 1 saturated carbocycles. The molecule has 1 saturated heterocycles. The minimum absolute atomic E-state index is 0.237. The quantitative estimate of drug-likeness (QED) is 0.620. The normalized spacial score (nSPS) is 23.0. The van der Waals surface area contributed by atoms with E-state index in [2.05, 4.69) is 30.3 Å². The number of nitrogens with one attached hydrogen (secondary N) is 1. The van der Waals surface area contributed by atoms with Crippen LogP contribution in [0.15, 0.2) is 30.7 Å². The lowest BCUT2D eigenvalue weighted by Crippen LogP contribution is -2.48. The van der Waals surface area contributed by atoms with Gasteiger partial charge in [-0.3, -0.25) is 0 Å². The lowest BCUT2D eigenvalue weighted by Gasteiger charge is -2.38. The Kier molecular flexibility index (Phi) is 5.26. The highest BCUT2D eigenvalue weighted by Gasteiger charge is 2.43. The van der Waals surface area contributed by atoms with E-state index in [9.17, 15) is 13.2 Å². The van der Waals surface area contributed by atoms with Crippen molar-refractivity contribution in [3.05, 3.63) is 36.4 Å². The number of pyridine rings is 1. The second kappa shape index (κ2) is 8.10. The van der Waals surface area contributed by atoms with Gasteiger partial charge in [0, 0.05) is 37.1 Å². The summed E-state index contributed by atoms with van der Waals surface area (Å²) in [6.07, 6.45) is 0.264. The summed E-state index contributed by atoms with van der Waals surface area (Å²) in [5.74, 6) is 2.56. The molecule has 3 aromatic rings. The number of alkyl halides is 3. The Morgan fingerprint density at radius 1 is 1.19 bits per heavy atom. The lowest BCUT2D eigenvalue weighted by atomic mass is 9.92. The molecule has 0 radical (unpaired) electrons. The zero-order valence-corrected chi connectivity index (χ0v) is 17.6. The molecule has 3 atom stereocenters. The van der Waals surface area contributed by atoms with Gasteiger partial charge in [0.15, 0.2) is 11.4 Å². The van der Waals surface area contributed by atoms with Crippen molar-refractivity contribution in [2.24, 2.45) is 11.8 Å². The topological polar surface area (TPSA) is 80.5 Å². The second-order valence-corrected chi connectivity index (χ2v) is 8.48. The summed E-state index contributed by atoms with van der Waals surface area (Å²) in [6, 6.07) is 5.54. The lowest BCUT2D eigenvalue weighted by molar-refractivity contribution is -0.139. The fourth-order valence-electron chi connectivity index (χ4n) is 4.74. The van der Waals surface area contributed by atoms with Crippen molar-refractivity contribution in [3.8, 4) is 5.75 Å². The summed E-state index contributed by atoms with van der Waals surface area (Å²) in [5, 5.41) is 7.95. The number of hydrogen-bond donors (Lipinski definition) is 1. The fourth-order valence-corrected chi connectivity index (χ4v) is 4.74. The molecule has 0 amide bonds. The van der Waals surface area contributed by atoms with Crippen molar-refractivity contribution < 1.29 is 17.9 Å². The van der Waals surface area contributed by atoms with E-state index in [0.29, 0.717) is 23.4 Å². The van der Waals surface area contributed by atoms with Crippen LogP contribution in [-0.4, -0.2) is 56.5 Å². The third-order valence-corrected chi connectivity index (χ3v) is 6.21. The summed E-state index contributed by atoms with van der Waals surface area (Å²) in [7, 11) is 0. The first-order valence-electron chi connectivity index (χ1n) is 10.7. The van der Waals surface area contributed by atoms with Crippen LogP contribution in [0.4, 0.5) is 24.9 Å². The van der Waals surface area contributed by atoms with Crippen LogP contribution in [0.2, 0.25) is 0 Å². The van der Waals surface area contributed by atoms with E-state index >= 15 is 0 Å². The predicted octanol–water partition coefficient (Wildman–Crippen LogP) is 3.49. The van der Waals surface area contributed by atoms with Crippen LogP contribution in [0.25, 0.3) is 5.65 Å². The molecule has 2 aliphatic rings. The van der Waals surface area contributed by atoms with Gasteiger partial charge in [-0.05, 0) is 43.7 Å². The average molecular weight is 447 g/mol. The third-order valence-electron chi connectivity index (χ3n) is 6.21. The molecule has 3 aromatic heterocycles. The van der Waals surface area contributed by atoms with Crippen LogP contribution in [0.3, 0.4) is 0 Å². The van der Waals surface area contributed by atoms with Crippen LogP contribution in [0, 0.1) is 18.8 Å². The number of ether oxygens (including phenoxy) is 1. The standard InChI is InChI=1S/C21H24F3N7O/c1-13-9-17(26-12-25-13)30-10-14-4-5-15(11-30)18(14)27-20-28-19-16(3-2-7-31(19)29-20)32-8-6-21(22,23)24/h2-3,7,9,12,14-15,18H,4-6,8,10-11H2,1H3,(H,27,29)/t14-,15?,18?/m0/s1. The van der Waals surface area contributed by atoms with Crippen molar-refractivity contribution in [1.29, 1.82) is 0 Å². The number of anilines is 2. The van der Waals surface area contributed by atoms with Crippen LogP contribution in [-0.2, 0) is 0 Å². The van der Waals surface area contributed by atoms with Crippen molar-refractivity contribution in [1.82, 2.24) is 24.6 Å². The Labute approximate surface area is 182 Å². The van der Waals surface area contributed by atoms with E-state index in [1.807, 2.05) is 13.0 Å². The smallest absolute Gasteiger partial charge is 0.392 e. The summed E-state index contributed by atoms with van der Waals surface area (Å²) in [6.45, 7) is 3.29. The van der Waals surface area contributed by atoms with E-state index in [1.54, 1.807) is 24.7 Å². The number of fused-ring (bicyclic) bond motifs is 3. The van der Waals surface area contributed by atoms with Crippen molar-refractivity contribution in [2.75, 3.05) is 29.9 Å². The molecule has 2 bridgehead atoms. The highest BCUT2D eigenvalue weighted by atomic mass is 19.4. The average Bonchev–Trinajstić information content (AvgIpc) is 3.24. The Morgan fingerprint density at radius 2 is 1.97 bits per heavy atom. The van der Waals surface area contributed by atoms with Crippen molar-refractivity contribution >= 4 is 17.4 Å². The van der Waals surface area contributed by atoms with Gasteiger partial charge >= 0.3 is 6.18 Å². The number of halogens is 3. The first-order chi connectivity index (χ1) is 15.4. The summed E-state index contributed by atoms with van der Waals surface area (Å²) < 4.78 is 44.2.